The van der Waals surface area contributed by atoms with Crippen LogP contribution in [0.4, 0.5) is 13.2 Å². The van der Waals surface area contributed by atoms with Gasteiger partial charge in [-0.25, -0.2) is 0 Å². The van der Waals surface area contributed by atoms with Crippen LogP contribution in [0.5, 0.6) is 5.75 Å². The van der Waals surface area contributed by atoms with Gasteiger partial charge in [-0.3, -0.25) is 9.59 Å². The van der Waals surface area contributed by atoms with Crippen LogP contribution in [0.1, 0.15) is 52.7 Å². The number of alkyl halides is 3. The summed E-state index contributed by atoms with van der Waals surface area (Å²) in [7, 11) is 0. The van der Waals surface area contributed by atoms with E-state index in [1.54, 1.807) is 42.5 Å². The minimum absolute atomic E-state index is 0.0531. The van der Waals surface area contributed by atoms with Gasteiger partial charge in [0.1, 0.15) is 17.4 Å². The fourth-order valence-electron chi connectivity index (χ4n) is 4.75. The van der Waals surface area contributed by atoms with Crippen LogP contribution >= 0.6 is 0 Å². The molecule has 2 aliphatic rings. The van der Waals surface area contributed by atoms with Gasteiger partial charge < -0.3 is 15.8 Å². The lowest BCUT2D eigenvalue weighted by molar-refractivity contribution is -0.136. The SMILES string of the molecule is N#CC1=C(c2ccccc2C(N)=O)CC2(CCc3cc(OCCCC(F)(F)F)ccc32)NC1=O. The van der Waals surface area contributed by atoms with E-state index in [4.69, 9.17) is 10.5 Å². The average molecular weight is 469 g/mol. The Kier molecular flexibility index (Phi) is 6.09. The summed E-state index contributed by atoms with van der Waals surface area (Å²) >= 11 is 0. The number of rotatable bonds is 6. The molecule has 0 aromatic heterocycles. The minimum atomic E-state index is -4.21. The highest BCUT2D eigenvalue weighted by molar-refractivity contribution is 6.09. The van der Waals surface area contributed by atoms with Gasteiger partial charge in [0.15, 0.2) is 0 Å². The molecule has 2 amide bonds. The Balaban J connectivity index is 1.63. The van der Waals surface area contributed by atoms with E-state index >= 15 is 0 Å². The monoisotopic (exact) mass is 469 g/mol. The summed E-state index contributed by atoms with van der Waals surface area (Å²) < 4.78 is 42.5. The fourth-order valence-corrected chi connectivity index (χ4v) is 4.75. The Hall–Kier alpha value is -3.80. The number of benzene rings is 2. The lowest BCUT2D eigenvalue weighted by Gasteiger charge is -2.37. The third-order valence-corrected chi connectivity index (χ3v) is 6.28. The molecule has 176 valence electrons. The molecule has 1 aliphatic carbocycles. The number of carbonyl (C=O) groups excluding carboxylic acids is 2. The van der Waals surface area contributed by atoms with Gasteiger partial charge in [-0.1, -0.05) is 24.3 Å². The molecule has 1 heterocycles. The molecule has 6 nitrogen and oxygen atoms in total. The fraction of sp³-hybridized carbons (Fsp3) is 0.320. The molecule has 4 rings (SSSR count). The molecule has 1 spiro atoms. The standard InChI is InChI=1S/C25H22F3N3O3/c26-25(27,28)9-3-11-34-16-6-7-21-15(12-16)8-10-24(21)13-19(20(14-29)23(33)31-24)17-4-1-2-5-18(17)22(30)32/h1-2,4-7,12H,3,8-11,13H2,(H2,30,32)(H,31,33). The predicted octanol–water partition coefficient (Wildman–Crippen LogP) is 4.15. The Morgan fingerprint density at radius 2 is 2.00 bits per heavy atom. The molecular weight excluding hydrogens is 447 g/mol. The molecule has 9 heteroatoms. The molecule has 34 heavy (non-hydrogen) atoms. The summed E-state index contributed by atoms with van der Waals surface area (Å²) in [6, 6.07) is 13.8. The summed E-state index contributed by atoms with van der Waals surface area (Å²) in [6.07, 6.45) is -3.78. The molecule has 3 N–H and O–H groups in total. The summed E-state index contributed by atoms with van der Waals surface area (Å²) in [6.45, 7) is -0.0531. The van der Waals surface area contributed by atoms with E-state index in [1.807, 2.05) is 6.07 Å². The smallest absolute Gasteiger partial charge is 0.389 e. The maximum Gasteiger partial charge on any atom is 0.389 e. The third kappa shape index (κ3) is 4.49. The van der Waals surface area contributed by atoms with Gasteiger partial charge in [-0.2, -0.15) is 18.4 Å². The van der Waals surface area contributed by atoms with Gasteiger partial charge in [0.05, 0.1) is 12.1 Å². The zero-order valence-electron chi connectivity index (χ0n) is 18.2. The van der Waals surface area contributed by atoms with E-state index in [9.17, 15) is 28.0 Å². The van der Waals surface area contributed by atoms with Crippen LogP contribution in [0.3, 0.4) is 0 Å². The number of aryl methyl sites for hydroxylation is 1. The van der Waals surface area contributed by atoms with Crippen molar-refractivity contribution in [2.45, 2.75) is 43.8 Å². The highest BCUT2D eigenvalue weighted by Crippen LogP contribution is 2.47. The molecule has 1 atom stereocenters. The van der Waals surface area contributed by atoms with Crippen molar-refractivity contribution in [3.05, 3.63) is 70.3 Å². The topological polar surface area (TPSA) is 105 Å². The second-order valence-electron chi connectivity index (χ2n) is 8.47. The maximum absolute atomic E-state index is 13.0. The number of nitrogens with one attached hydrogen (secondary N) is 1. The highest BCUT2D eigenvalue weighted by Gasteiger charge is 2.45. The van der Waals surface area contributed by atoms with E-state index in [0.717, 1.165) is 11.1 Å². The molecule has 2 aromatic rings. The lowest BCUT2D eigenvalue weighted by Crippen LogP contribution is -2.48. The minimum Gasteiger partial charge on any atom is -0.494 e. The van der Waals surface area contributed by atoms with Crippen molar-refractivity contribution < 1.29 is 27.5 Å². The van der Waals surface area contributed by atoms with Crippen molar-refractivity contribution in [1.82, 2.24) is 5.32 Å². The normalized spacial score (nSPS) is 19.5. The number of nitriles is 1. The largest absolute Gasteiger partial charge is 0.494 e. The highest BCUT2D eigenvalue weighted by atomic mass is 19.4. The Morgan fingerprint density at radius 3 is 2.71 bits per heavy atom. The van der Waals surface area contributed by atoms with Crippen molar-refractivity contribution in [2.75, 3.05) is 6.61 Å². The number of fused-ring (bicyclic) bond motifs is 2. The number of amides is 2. The number of nitrogens with two attached hydrogens (primary N) is 1. The van der Waals surface area contributed by atoms with E-state index in [0.29, 0.717) is 36.1 Å². The number of hydrogen-bond acceptors (Lipinski definition) is 4. The predicted molar refractivity (Wildman–Crippen MR) is 117 cm³/mol. The second kappa shape index (κ2) is 8.86. The summed E-state index contributed by atoms with van der Waals surface area (Å²) in [5, 5.41) is 12.7. The van der Waals surface area contributed by atoms with E-state index in [2.05, 4.69) is 5.32 Å². The van der Waals surface area contributed by atoms with Crippen LogP contribution in [0.2, 0.25) is 0 Å². The first-order chi connectivity index (χ1) is 16.1. The van der Waals surface area contributed by atoms with Gasteiger partial charge in [-0.15, -0.1) is 0 Å². The molecule has 0 radical (unpaired) electrons. The van der Waals surface area contributed by atoms with Crippen LogP contribution in [0.15, 0.2) is 48.0 Å². The summed E-state index contributed by atoms with van der Waals surface area (Å²) in [4.78, 5) is 25.0. The summed E-state index contributed by atoms with van der Waals surface area (Å²) in [5.41, 5.74) is 7.62. The van der Waals surface area contributed by atoms with E-state index in [-0.39, 0.29) is 24.2 Å². The molecule has 1 unspecified atom stereocenters. The van der Waals surface area contributed by atoms with Crippen LogP contribution < -0.4 is 15.8 Å². The van der Waals surface area contributed by atoms with E-state index < -0.39 is 30.0 Å². The quantitative estimate of drug-likeness (QED) is 0.620. The first kappa shape index (κ1) is 23.4. The van der Waals surface area contributed by atoms with Crippen LogP contribution in [0, 0.1) is 11.3 Å². The molecular formula is C25H22F3N3O3. The maximum atomic E-state index is 13.0. The average Bonchev–Trinajstić information content (AvgIpc) is 3.12. The first-order valence-electron chi connectivity index (χ1n) is 10.8. The van der Waals surface area contributed by atoms with Gasteiger partial charge in [0.25, 0.3) is 5.91 Å². The van der Waals surface area contributed by atoms with Gasteiger partial charge >= 0.3 is 6.18 Å². The van der Waals surface area contributed by atoms with Crippen molar-refractivity contribution in [3.8, 4) is 11.8 Å². The van der Waals surface area contributed by atoms with Crippen LogP contribution in [-0.4, -0.2) is 24.6 Å². The van der Waals surface area contributed by atoms with Gasteiger partial charge in [-0.05, 0) is 59.7 Å². The second-order valence-corrected chi connectivity index (χ2v) is 8.47. The lowest BCUT2D eigenvalue weighted by atomic mass is 9.77. The van der Waals surface area contributed by atoms with Crippen molar-refractivity contribution in [2.24, 2.45) is 5.73 Å². The molecule has 0 fully saturated rings. The number of primary amides is 1. The zero-order chi connectivity index (χ0) is 24.5. The zero-order valence-corrected chi connectivity index (χ0v) is 18.2. The number of ether oxygens (including phenoxy) is 1. The molecule has 0 saturated heterocycles. The third-order valence-electron chi connectivity index (χ3n) is 6.28. The molecule has 0 bridgehead atoms. The summed E-state index contributed by atoms with van der Waals surface area (Å²) in [5.74, 6) is -0.712. The Labute approximate surface area is 194 Å². The van der Waals surface area contributed by atoms with Crippen molar-refractivity contribution in [1.29, 1.82) is 5.26 Å². The van der Waals surface area contributed by atoms with Crippen molar-refractivity contribution >= 4 is 17.4 Å². The Morgan fingerprint density at radius 1 is 1.24 bits per heavy atom. The molecule has 1 aliphatic heterocycles. The first-order valence-corrected chi connectivity index (χ1v) is 10.8. The number of nitrogens with zero attached hydrogens (tertiary/aromatic N) is 1. The van der Waals surface area contributed by atoms with E-state index in [1.165, 1.54) is 0 Å². The van der Waals surface area contributed by atoms with Gasteiger partial charge in [0, 0.05) is 18.4 Å². The van der Waals surface area contributed by atoms with Crippen molar-refractivity contribution in [3.63, 3.8) is 0 Å². The number of hydrogen-bond donors (Lipinski definition) is 2. The van der Waals surface area contributed by atoms with Crippen LogP contribution in [-0.2, 0) is 16.8 Å². The number of halogens is 3. The number of carbonyl (C=O) groups is 2. The van der Waals surface area contributed by atoms with Gasteiger partial charge in [0.2, 0.25) is 5.91 Å². The van der Waals surface area contributed by atoms with Crippen LogP contribution in [0.25, 0.3) is 5.57 Å². The Bertz CT molecular complexity index is 1230. The molecule has 0 saturated carbocycles. The molecule has 2 aromatic carbocycles.